The highest BCUT2D eigenvalue weighted by molar-refractivity contribution is 7.89. The van der Waals surface area contributed by atoms with Crippen molar-refractivity contribution < 1.29 is 32.2 Å². The van der Waals surface area contributed by atoms with Crippen molar-refractivity contribution in [2.75, 3.05) is 39.2 Å². The molecule has 11 heteroatoms. The summed E-state index contributed by atoms with van der Waals surface area (Å²) in [6.45, 7) is 0.258. The second-order valence-electron chi connectivity index (χ2n) is 6.95. The molecule has 1 saturated heterocycles. The van der Waals surface area contributed by atoms with E-state index >= 15 is 0 Å². The van der Waals surface area contributed by atoms with Crippen LogP contribution in [0.5, 0.6) is 11.5 Å². The molecule has 3 rings (SSSR count). The summed E-state index contributed by atoms with van der Waals surface area (Å²) in [5, 5.41) is 2.87. The molecular weight excluding hydrogens is 460 g/mol. The molecule has 0 aliphatic carbocycles. The van der Waals surface area contributed by atoms with Gasteiger partial charge >= 0.3 is 5.97 Å². The summed E-state index contributed by atoms with van der Waals surface area (Å²) in [5.41, 5.74) is 0.393. The van der Waals surface area contributed by atoms with Crippen LogP contribution in [0.15, 0.2) is 41.3 Å². The van der Waals surface area contributed by atoms with Crippen LogP contribution in [0.3, 0.4) is 0 Å². The molecule has 1 aliphatic heterocycles. The first-order valence-electron chi connectivity index (χ1n) is 9.75. The van der Waals surface area contributed by atoms with Gasteiger partial charge in [-0.05, 0) is 49.2 Å². The molecule has 32 heavy (non-hydrogen) atoms. The first-order valence-corrected chi connectivity index (χ1v) is 11.6. The number of nitrogens with zero attached hydrogens (tertiary/aromatic N) is 1. The first-order chi connectivity index (χ1) is 15.3. The van der Waals surface area contributed by atoms with E-state index in [4.69, 9.17) is 25.8 Å². The number of ether oxygens (including phenoxy) is 3. The molecule has 1 N–H and O–H groups in total. The lowest BCUT2D eigenvalue weighted by Gasteiger charge is -2.18. The standard InChI is InChI=1S/C21H23ClN2O7S/c1-29-17-8-6-15(12-16(17)22)23-20(25)13-31-21(26)14-5-7-18(30-2)19(11-14)32(27,28)24-9-3-4-10-24/h5-8,11-12H,3-4,9-10,13H2,1-2H3,(H,23,25). The van der Waals surface area contributed by atoms with Gasteiger partial charge in [-0.25, -0.2) is 13.2 Å². The lowest BCUT2D eigenvalue weighted by atomic mass is 10.2. The Morgan fingerprint density at radius 2 is 1.69 bits per heavy atom. The summed E-state index contributed by atoms with van der Waals surface area (Å²) in [6.07, 6.45) is 1.55. The highest BCUT2D eigenvalue weighted by Crippen LogP contribution is 2.30. The zero-order valence-corrected chi connectivity index (χ0v) is 19.2. The maximum absolute atomic E-state index is 12.9. The van der Waals surface area contributed by atoms with Crippen LogP contribution in [-0.2, 0) is 19.6 Å². The Morgan fingerprint density at radius 3 is 2.31 bits per heavy atom. The van der Waals surface area contributed by atoms with E-state index in [9.17, 15) is 18.0 Å². The highest BCUT2D eigenvalue weighted by Gasteiger charge is 2.31. The molecule has 1 heterocycles. The number of hydrogen-bond acceptors (Lipinski definition) is 7. The molecule has 172 valence electrons. The predicted molar refractivity (Wildman–Crippen MR) is 118 cm³/mol. The Hall–Kier alpha value is -2.82. The number of halogens is 1. The van der Waals surface area contributed by atoms with Gasteiger partial charge < -0.3 is 19.5 Å². The molecule has 0 radical (unpaired) electrons. The minimum absolute atomic E-state index is 0.0103. The fraction of sp³-hybridized carbons (Fsp3) is 0.333. The number of carbonyl (C=O) groups is 2. The average Bonchev–Trinajstić information content (AvgIpc) is 3.33. The van der Waals surface area contributed by atoms with E-state index in [1.807, 2.05) is 0 Å². The third-order valence-electron chi connectivity index (χ3n) is 4.85. The van der Waals surface area contributed by atoms with Gasteiger partial charge in [-0.15, -0.1) is 0 Å². The highest BCUT2D eigenvalue weighted by atomic mass is 35.5. The van der Waals surface area contributed by atoms with Crippen molar-refractivity contribution in [1.82, 2.24) is 4.31 Å². The fourth-order valence-electron chi connectivity index (χ4n) is 3.23. The third kappa shape index (κ3) is 5.32. The number of rotatable bonds is 8. The van der Waals surface area contributed by atoms with Gasteiger partial charge in [-0.3, -0.25) is 4.79 Å². The minimum atomic E-state index is -3.82. The summed E-state index contributed by atoms with van der Waals surface area (Å²) < 4.78 is 42.5. The van der Waals surface area contributed by atoms with Crippen molar-refractivity contribution in [3.05, 3.63) is 47.0 Å². The number of hydrogen-bond donors (Lipinski definition) is 1. The molecule has 2 aromatic carbocycles. The third-order valence-corrected chi connectivity index (χ3v) is 7.07. The normalized spacial score (nSPS) is 14.1. The minimum Gasteiger partial charge on any atom is -0.495 e. The molecule has 1 aliphatic rings. The van der Waals surface area contributed by atoms with Crippen molar-refractivity contribution in [1.29, 1.82) is 0 Å². The van der Waals surface area contributed by atoms with Gasteiger partial charge in [0.05, 0.1) is 24.8 Å². The molecule has 1 fully saturated rings. The number of amides is 1. The van der Waals surface area contributed by atoms with Crippen molar-refractivity contribution in [3.8, 4) is 11.5 Å². The lowest BCUT2D eigenvalue weighted by Crippen LogP contribution is -2.28. The summed E-state index contributed by atoms with van der Waals surface area (Å²) in [4.78, 5) is 24.5. The van der Waals surface area contributed by atoms with Crippen molar-refractivity contribution in [3.63, 3.8) is 0 Å². The summed E-state index contributed by atoms with van der Waals surface area (Å²) in [7, 11) is -0.995. The van der Waals surface area contributed by atoms with Crippen LogP contribution < -0.4 is 14.8 Å². The molecular formula is C21H23ClN2O7S. The second-order valence-corrected chi connectivity index (χ2v) is 9.26. The molecule has 1 amide bonds. The van der Waals surface area contributed by atoms with Crippen LogP contribution in [0.4, 0.5) is 5.69 Å². The maximum atomic E-state index is 12.9. The molecule has 0 atom stereocenters. The molecule has 0 unspecified atom stereocenters. The number of carbonyl (C=O) groups excluding carboxylic acids is 2. The van der Waals surface area contributed by atoms with E-state index < -0.39 is 28.5 Å². The van der Waals surface area contributed by atoms with E-state index in [0.717, 1.165) is 12.8 Å². The van der Waals surface area contributed by atoms with E-state index in [1.165, 1.54) is 42.8 Å². The largest absolute Gasteiger partial charge is 0.495 e. The van der Waals surface area contributed by atoms with E-state index in [1.54, 1.807) is 12.1 Å². The van der Waals surface area contributed by atoms with E-state index in [0.29, 0.717) is 29.5 Å². The van der Waals surface area contributed by atoms with Crippen molar-refractivity contribution in [2.45, 2.75) is 17.7 Å². The van der Waals surface area contributed by atoms with Crippen molar-refractivity contribution in [2.24, 2.45) is 0 Å². The topological polar surface area (TPSA) is 111 Å². The van der Waals surface area contributed by atoms with Crippen LogP contribution >= 0.6 is 11.6 Å². The predicted octanol–water partition coefficient (Wildman–Crippen LogP) is 2.94. The van der Waals surface area contributed by atoms with Gasteiger partial charge in [-0.1, -0.05) is 11.6 Å². The molecule has 0 saturated carbocycles. The maximum Gasteiger partial charge on any atom is 0.338 e. The lowest BCUT2D eigenvalue weighted by molar-refractivity contribution is -0.119. The van der Waals surface area contributed by atoms with Crippen LogP contribution in [0.2, 0.25) is 5.02 Å². The number of nitrogens with one attached hydrogen (secondary N) is 1. The number of methoxy groups -OCH3 is 2. The van der Waals surface area contributed by atoms with Crippen LogP contribution in [-0.4, -0.2) is 58.5 Å². The van der Waals surface area contributed by atoms with Gasteiger partial charge in [0.1, 0.15) is 16.4 Å². The molecule has 0 aromatic heterocycles. The Labute approximate surface area is 191 Å². The average molecular weight is 483 g/mol. The van der Waals surface area contributed by atoms with Crippen LogP contribution in [0, 0.1) is 0 Å². The van der Waals surface area contributed by atoms with Gasteiger partial charge in [0.15, 0.2) is 6.61 Å². The number of sulfonamides is 1. The SMILES string of the molecule is COc1ccc(NC(=O)COC(=O)c2ccc(OC)c(S(=O)(=O)N3CCCC3)c2)cc1Cl. The Balaban J connectivity index is 1.68. The van der Waals surface area contributed by atoms with E-state index in [-0.39, 0.29) is 16.2 Å². The van der Waals surface area contributed by atoms with Crippen LogP contribution in [0.1, 0.15) is 23.2 Å². The Morgan fingerprint density at radius 1 is 1.03 bits per heavy atom. The quantitative estimate of drug-likeness (QED) is 0.576. The molecule has 2 aromatic rings. The van der Waals surface area contributed by atoms with E-state index in [2.05, 4.69) is 5.32 Å². The van der Waals surface area contributed by atoms with Gasteiger partial charge in [0, 0.05) is 18.8 Å². The zero-order chi connectivity index (χ0) is 23.3. The second kappa shape index (κ2) is 10.2. The smallest absolute Gasteiger partial charge is 0.338 e. The van der Waals surface area contributed by atoms with Gasteiger partial charge in [0.25, 0.3) is 5.91 Å². The number of benzene rings is 2. The summed E-state index contributed by atoms with van der Waals surface area (Å²) in [5.74, 6) is -0.843. The Kier molecular flexibility index (Phi) is 7.60. The van der Waals surface area contributed by atoms with Crippen LogP contribution in [0.25, 0.3) is 0 Å². The number of anilines is 1. The Bertz CT molecular complexity index is 1120. The molecule has 0 spiro atoms. The molecule has 0 bridgehead atoms. The van der Waals surface area contributed by atoms with Gasteiger partial charge in [0.2, 0.25) is 10.0 Å². The first kappa shape index (κ1) is 23.8. The van der Waals surface area contributed by atoms with Gasteiger partial charge in [-0.2, -0.15) is 4.31 Å². The number of esters is 1. The van der Waals surface area contributed by atoms with Crippen molar-refractivity contribution >= 4 is 39.2 Å². The zero-order valence-electron chi connectivity index (χ0n) is 17.6. The monoisotopic (exact) mass is 482 g/mol. The summed E-state index contributed by atoms with van der Waals surface area (Å²) >= 11 is 6.02. The molecule has 9 nitrogen and oxygen atoms in total. The fourth-order valence-corrected chi connectivity index (χ4v) is 5.18. The summed E-state index contributed by atoms with van der Waals surface area (Å²) in [6, 6.07) is 8.65.